The monoisotopic (exact) mass is 244 g/mol. The Balaban J connectivity index is 1.80. The Labute approximate surface area is 106 Å². The summed E-state index contributed by atoms with van der Waals surface area (Å²) in [7, 11) is 0. The summed E-state index contributed by atoms with van der Waals surface area (Å²) >= 11 is 0. The number of aryl methyl sites for hydroxylation is 1. The zero-order chi connectivity index (χ0) is 12.4. The molecule has 0 amide bonds. The van der Waals surface area contributed by atoms with Crippen molar-refractivity contribution in [2.45, 2.75) is 13.0 Å². The molecule has 1 aromatic carbocycles. The normalized spacial score (nSPS) is 19.9. The van der Waals surface area contributed by atoms with Crippen molar-refractivity contribution < 1.29 is 4.52 Å². The van der Waals surface area contributed by atoms with E-state index in [9.17, 15) is 0 Å². The smallest absolute Gasteiger partial charge is 0.223 e. The van der Waals surface area contributed by atoms with Crippen LogP contribution in [0.4, 0.5) is 0 Å². The molecular formula is C13H16N4O. The summed E-state index contributed by atoms with van der Waals surface area (Å²) in [6.07, 6.45) is 0. The standard InChI is InChI=1S/C13H16N4O/c1-9-16-13(17-18-9)11-4-2-10(3-5-11)12-8-14-6-7-15-12/h2-5,12,14-15H,6-8H2,1H3/t12-/m1/s1. The topological polar surface area (TPSA) is 63.0 Å². The van der Waals surface area contributed by atoms with E-state index in [1.54, 1.807) is 6.92 Å². The van der Waals surface area contributed by atoms with Crippen LogP contribution in [0.2, 0.25) is 0 Å². The molecule has 5 heteroatoms. The van der Waals surface area contributed by atoms with Gasteiger partial charge in [-0.25, -0.2) is 0 Å². The van der Waals surface area contributed by atoms with Gasteiger partial charge < -0.3 is 15.2 Å². The van der Waals surface area contributed by atoms with Crippen LogP contribution in [0.1, 0.15) is 17.5 Å². The van der Waals surface area contributed by atoms with E-state index in [0.29, 0.717) is 17.8 Å². The molecule has 0 bridgehead atoms. The van der Waals surface area contributed by atoms with Gasteiger partial charge in [-0.1, -0.05) is 29.4 Å². The van der Waals surface area contributed by atoms with Crippen molar-refractivity contribution >= 4 is 0 Å². The van der Waals surface area contributed by atoms with Gasteiger partial charge in [0, 0.05) is 38.2 Å². The first-order valence-electron chi connectivity index (χ1n) is 6.18. The van der Waals surface area contributed by atoms with Crippen LogP contribution in [-0.2, 0) is 0 Å². The molecule has 0 unspecified atom stereocenters. The van der Waals surface area contributed by atoms with E-state index in [2.05, 4.69) is 32.9 Å². The van der Waals surface area contributed by atoms with Crippen molar-refractivity contribution in [1.29, 1.82) is 0 Å². The lowest BCUT2D eigenvalue weighted by Crippen LogP contribution is -2.42. The summed E-state index contributed by atoms with van der Waals surface area (Å²) in [5.74, 6) is 1.24. The number of hydrogen-bond donors (Lipinski definition) is 2. The second-order valence-corrected chi connectivity index (χ2v) is 4.47. The third kappa shape index (κ3) is 2.27. The number of hydrogen-bond acceptors (Lipinski definition) is 5. The Morgan fingerprint density at radius 2 is 2.06 bits per heavy atom. The van der Waals surface area contributed by atoms with Crippen molar-refractivity contribution in [2.75, 3.05) is 19.6 Å². The van der Waals surface area contributed by atoms with Gasteiger partial charge in [0.25, 0.3) is 0 Å². The van der Waals surface area contributed by atoms with Gasteiger partial charge in [0.1, 0.15) is 0 Å². The summed E-state index contributed by atoms with van der Waals surface area (Å²) in [4.78, 5) is 4.22. The van der Waals surface area contributed by atoms with Gasteiger partial charge in [-0.15, -0.1) is 0 Å². The molecule has 2 aromatic rings. The molecule has 2 heterocycles. The van der Waals surface area contributed by atoms with Crippen molar-refractivity contribution in [2.24, 2.45) is 0 Å². The molecule has 0 spiro atoms. The van der Waals surface area contributed by atoms with Crippen molar-refractivity contribution in [3.63, 3.8) is 0 Å². The highest BCUT2D eigenvalue weighted by atomic mass is 16.5. The highest BCUT2D eigenvalue weighted by Gasteiger charge is 2.14. The first-order valence-corrected chi connectivity index (χ1v) is 6.18. The molecule has 2 N–H and O–H groups in total. The van der Waals surface area contributed by atoms with Crippen LogP contribution in [0.15, 0.2) is 28.8 Å². The summed E-state index contributed by atoms with van der Waals surface area (Å²) in [6.45, 7) is 4.82. The summed E-state index contributed by atoms with van der Waals surface area (Å²) in [5.41, 5.74) is 2.27. The third-order valence-electron chi connectivity index (χ3n) is 3.14. The van der Waals surface area contributed by atoms with E-state index < -0.39 is 0 Å². The fourth-order valence-corrected chi connectivity index (χ4v) is 2.17. The van der Waals surface area contributed by atoms with Crippen molar-refractivity contribution in [3.05, 3.63) is 35.7 Å². The molecule has 1 fully saturated rings. The molecule has 0 aliphatic carbocycles. The van der Waals surface area contributed by atoms with E-state index in [-0.39, 0.29) is 0 Å². The van der Waals surface area contributed by atoms with E-state index in [1.807, 2.05) is 12.1 Å². The number of piperazine rings is 1. The molecular weight excluding hydrogens is 228 g/mol. The van der Waals surface area contributed by atoms with Crippen molar-refractivity contribution in [3.8, 4) is 11.4 Å². The van der Waals surface area contributed by atoms with Gasteiger partial charge in [0.15, 0.2) is 0 Å². The van der Waals surface area contributed by atoms with Crippen LogP contribution < -0.4 is 10.6 Å². The predicted molar refractivity (Wildman–Crippen MR) is 68.1 cm³/mol. The maximum absolute atomic E-state index is 4.98. The second-order valence-electron chi connectivity index (χ2n) is 4.47. The first kappa shape index (κ1) is 11.4. The molecule has 5 nitrogen and oxygen atoms in total. The fraction of sp³-hybridized carbons (Fsp3) is 0.385. The number of rotatable bonds is 2. The average molecular weight is 244 g/mol. The minimum atomic E-state index is 0.389. The van der Waals surface area contributed by atoms with E-state index in [1.165, 1.54) is 5.56 Å². The van der Waals surface area contributed by atoms with Crippen LogP contribution >= 0.6 is 0 Å². The van der Waals surface area contributed by atoms with Gasteiger partial charge in [0.2, 0.25) is 11.7 Å². The van der Waals surface area contributed by atoms with Gasteiger partial charge in [-0.05, 0) is 5.56 Å². The molecule has 18 heavy (non-hydrogen) atoms. The van der Waals surface area contributed by atoms with Gasteiger partial charge in [0.05, 0.1) is 0 Å². The zero-order valence-electron chi connectivity index (χ0n) is 10.3. The van der Waals surface area contributed by atoms with Crippen LogP contribution in [-0.4, -0.2) is 29.8 Å². The van der Waals surface area contributed by atoms with Crippen molar-refractivity contribution in [1.82, 2.24) is 20.8 Å². The number of aromatic nitrogens is 2. The predicted octanol–water partition coefficient (Wildman–Crippen LogP) is 1.28. The minimum Gasteiger partial charge on any atom is -0.339 e. The Morgan fingerprint density at radius 3 is 2.67 bits per heavy atom. The van der Waals surface area contributed by atoms with Gasteiger partial charge in [-0.2, -0.15) is 4.98 Å². The van der Waals surface area contributed by atoms with Gasteiger partial charge in [-0.3, -0.25) is 0 Å². The molecule has 94 valence electrons. The molecule has 0 radical (unpaired) electrons. The zero-order valence-corrected chi connectivity index (χ0v) is 10.3. The largest absolute Gasteiger partial charge is 0.339 e. The molecule has 1 atom stereocenters. The molecule has 3 rings (SSSR count). The highest BCUT2D eigenvalue weighted by molar-refractivity contribution is 5.54. The average Bonchev–Trinajstić information content (AvgIpc) is 2.87. The lowest BCUT2D eigenvalue weighted by molar-refractivity contribution is 0.394. The van der Waals surface area contributed by atoms with Crippen LogP contribution in [0.25, 0.3) is 11.4 Å². The maximum Gasteiger partial charge on any atom is 0.223 e. The van der Waals surface area contributed by atoms with Crippen LogP contribution in [0.5, 0.6) is 0 Å². The lowest BCUT2D eigenvalue weighted by atomic mass is 10.0. The Kier molecular flexibility index (Phi) is 3.08. The number of nitrogens with one attached hydrogen (secondary N) is 2. The molecule has 0 saturated carbocycles. The summed E-state index contributed by atoms with van der Waals surface area (Å²) in [6, 6.07) is 8.70. The first-order chi connectivity index (χ1) is 8.83. The van der Waals surface area contributed by atoms with E-state index in [4.69, 9.17) is 4.52 Å². The summed E-state index contributed by atoms with van der Waals surface area (Å²) in [5, 5.41) is 10.8. The Hall–Kier alpha value is -1.72. The van der Waals surface area contributed by atoms with Crippen LogP contribution in [0, 0.1) is 6.92 Å². The maximum atomic E-state index is 4.98. The SMILES string of the molecule is Cc1nc(-c2ccc([C@H]3CNCCN3)cc2)no1. The summed E-state index contributed by atoms with van der Waals surface area (Å²) < 4.78 is 4.98. The lowest BCUT2D eigenvalue weighted by Gasteiger charge is -2.24. The number of nitrogens with zero attached hydrogens (tertiary/aromatic N) is 2. The molecule has 1 aliphatic rings. The minimum absolute atomic E-state index is 0.389. The Morgan fingerprint density at radius 1 is 1.22 bits per heavy atom. The molecule has 1 aliphatic heterocycles. The molecule has 1 aromatic heterocycles. The third-order valence-corrected chi connectivity index (χ3v) is 3.14. The second kappa shape index (κ2) is 4.88. The fourth-order valence-electron chi connectivity index (χ4n) is 2.17. The van der Waals surface area contributed by atoms with E-state index in [0.717, 1.165) is 25.2 Å². The van der Waals surface area contributed by atoms with Gasteiger partial charge >= 0.3 is 0 Å². The highest BCUT2D eigenvalue weighted by Crippen LogP contribution is 2.20. The van der Waals surface area contributed by atoms with Crippen LogP contribution in [0.3, 0.4) is 0 Å². The Bertz CT molecular complexity index is 514. The number of benzene rings is 1. The quantitative estimate of drug-likeness (QED) is 0.833. The molecule has 1 saturated heterocycles. The van der Waals surface area contributed by atoms with E-state index >= 15 is 0 Å².